The molecule has 0 aliphatic rings. The number of hydrogen-bond acceptors (Lipinski definition) is 8. The molecular weight excluding hydrogens is 438 g/mol. The number of carbonyl (C=O) groups is 1. The number of nitrogens with zero attached hydrogens (tertiary/aromatic N) is 1. The number of hydrogen-bond donors (Lipinski definition) is 5. The maximum absolute atomic E-state index is 11.9. The molecule has 0 unspecified atom stereocenters. The van der Waals surface area contributed by atoms with Crippen LogP contribution in [0.4, 0.5) is 16.5 Å². The number of amides is 1. The number of aromatic nitrogens is 1. The first-order chi connectivity index (χ1) is 14.8. The van der Waals surface area contributed by atoms with E-state index in [0.29, 0.717) is 34.1 Å². The minimum Gasteiger partial charge on any atom is -0.506 e. The molecule has 2 aromatic carbocycles. The number of thiazole rings is 1. The van der Waals surface area contributed by atoms with Crippen LogP contribution in [0.25, 0.3) is 10.2 Å². The summed E-state index contributed by atoms with van der Waals surface area (Å²) in [5.41, 5.74) is 7.98. The van der Waals surface area contributed by atoms with Crippen LogP contribution < -0.4 is 21.1 Å². The first-order valence-electron chi connectivity index (χ1n) is 8.89. The van der Waals surface area contributed by atoms with E-state index in [2.05, 4.69) is 38.8 Å². The van der Waals surface area contributed by atoms with E-state index in [1.54, 1.807) is 24.3 Å². The van der Waals surface area contributed by atoms with Crippen LogP contribution in [0.3, 0.4) is 0 Å². The summed E-state index contributed by atoms with van der Waals surface area (Å²) < 4.78 is 25.4. The van der Waals surface area contributed by atoms with Crippen LogP contribution in [0.5, 0.6) is 5.75 Å². The lowest BCUT2D eigenvalue weighted by Crippen LogP contribution is -2.31. The minimum absolute atomic E-state index is 0.0292. The largest absolute Gasteiger partial charge is 0.506 e. The van der Waals surface area contributed by atoms with E-state index in [9.17, 15) is 18.3 Å². The molecule has 3 rings (SSSR count). The molecule has 160 valence electrons. The van der Waals surface area contributed by atoms with Crippen LogP contribution in [0.15, 0.2) is 48.4 Å². The van der Waals surface area contributed by atoms with Gasteiger partial charge < -0.3 is 21.5 Å². The molecule has 0 fully saturated rings. The Bertz CT molecular complexity index is 1310. The molecule has 0 saturated heterocycles. The van der Waals surface area contributed by atoms with E-state index in [1.807, 2.05) is 6.07 Å². The normalized spacial score (nSPS) is 10.8. The van der Waals surface area contributed by atoms with Gasteiger partial charge in [0.1, 0.15) is 11.3 Å². The third kappa shape index (κ3) is 6.19. The van der Waals surface area contributed by atoms with Gasteiger partial charge >= 0.3 is 0 Å². The number of phenols is 1. The van der Waals surface area contributed by atoms with Crippen LogP contribution in [-0.2, 0) is 14.8 Å². The maximum Gasteiger partial charge on any atom is 0.239 e. The Labute approximate surface area is 183 Å². The summed E-state index contributed by atoms with van der Waals surface area (Å²) in [6.45, 7) is 3.08. The van der Waals surface area contributed by atoms with E-state index in [-0.39, 0.29) is 5.75 Å². The average Bonchev–Trinajstić information content (AvgIpc) is 3.11. The van der Waals surface area contributed by atoms with Gasteiger partial charge in [-0.25, -0.2) is 18.1 Å². The number of phenolic OH excluding ortho intramolecular Hbond substituents is 1. The second kappa shape index (κ2) is 9.48. The highest BCUT2D eigenvalue weighted by Crippen LogP contribution is 2.31. The van der Waals surface area contributed by atoms with Crippen LogP contribution >= 0.6 is 11.3 Å². The third-order valence-electron chi connectivity index (χ3n) is 3.90. The van der Waals surface area contributed by atoms with Crippen molar-refractivity contribution in [3.63, 3.8) is 0 Å². The molecule has 0 aliphatic heterocycles. The predicted octanol–water partition coefficient (Wildman–Crippen LogP) is 2.05. The number of rotatable bonds is 7. The monoisotopic (exact) mass is 457 g/mol. The fourth-order valence-corrected chi connectivity index (χ4v) is 3.78. The second-order valence-electron chi connectivity index (χ2n) is 6.21. The van der Waals surface area contributed by atoms with Gasteiger partial charge in [0.25, 0.3) is 0 Å². The minimum atomic E-state index is -3.67. The average molecular weight is 458 g/mol. The van der Waals surface area contributed by atoms with Gasteiger partial charge in [-0.3, -0.25) is 4.79 Å². The number of benzene rings is 2. The Morgan fingerprint density at radius 2 is 2.06 bits per heavy atom. The van der Waals surface area contributed by atoms with E-state index >= 15 is 0 Å². The molecule has 1 amide bonds. The first-order valence-corrected chi connectivity index (χ1v) is 11.3. The van der Waals surface area contributed by atoms with Crippen molar-refractivity contribution < 1.29 is 18.3 Å². The van der Waals surface area contributed by atoms with Crippen molar-refractivity contribution in [3.8, 4) is 17.6 Å². The van der Waals surface area contributed by atoms with Crippen molar-refractivity contribution in [1.82, 2.24) is 9.71 Å². The van der Waals surface area contributed by atoms with Gasteiger partial charge in [0.05, 0.1) is 17.8 Å². The number of nitrogen functional groups attached to an aromatic ring is 1. The molecule has 6 N–H and O–H groups in total. The topological polar surface area (TPSA) is 146 Å². The molecule has 0 atom stereocenters. The van der Waals surface area contributed by atoms with E-state index < -0.39 is 22.5 Å². The fourth-order valence-electron chi connectivity index (χ4n) is 2.53. The molecule has 31 heavy (non-hydrogen) atoms. The highest BCUT2D eigenvalue weighted by molar-refractivity contribution is 7.92. The molecule has 1 aromatic heterocycles. The molecule has 9 nitrogen and oxygen atoms in total. The molecule has 1 heterocycles. The van der Waals surface area contributed by atoms with Crippen LogP contribution in [0.2, 0.25) is 0 Å². The lowest BCUT2D eigenvalue weighted by molar-refractivity contribution is -0.115. The van der Waals surface area contributed by atoms with Gasteiger partial charge in [-0.15, -0.1) is 0 Å². The molecule has 0 radical (unpaired) electrons. The number of nitrogens with two attached hydrogens (primary N) is 1. The molecule has 0 saturated carbocycles. The Kier molecular flexibility index (Phi) is 6.76. The van der Waals surface area contributed by atoms with Crippen LogP contribution in [0.1, 0.15) is 5.56 Å². The van der Waals surface area contributed by atoms with Gasteiger partial charge in [-0.05, 0) is 30.3 Å². The molecule has 0 aliphatic carbocycles. The zero-order valence-electron chi connectivity index (χ0n) is 16.2. The second-order valence-corrected chi connectivity index (χ2v) is 8.99. The Morgan fingerprint density at radius 1 is 1.29 bits per heavy atom. The van der Waals surface area contributed by atoms with Crippen molar-refractivity contribution in [2.45, 2.75) is 0 Å². The van der Waals surface area contributed by atoms with E-state index in [4.69, 9.17) is 5.73 Å². The van der Waals surface area contributed by atoms with Crippen LogP contribution in [0, 0.1) is 11.8 Å². The number of anilines is 3. The number of carbonyl (C=O) groups excluding carboxylic acids is 1. The van der Waals surface area contributed by atoms with E-state index in [1.165, 1.54) is 17.4 Å². The van der Waals surface area contributed by atoms with Crippen LogP contribution in [-0.4, -0.2) is 37.5 Å². The summed E-state index contributed by atoms with van der Waals surface area (Å²) >= 11 is 1.27. The fraction of sp³-hybridized carbons (Fsp3) is 0.100. The summed E-state index contributed by atoms with van der Waals surface area (Å²) in [6.07, 6.45) is 0. The zero-order chi connectivity index (χ0) is 22.4. The summed E-state index contributed by atoms with van der Waals surface area (Å²) in [5, 5.41) is 16.8. The van der Waals surface area contributed by atoms with Gasteiger partial charge in [0.15, 0.2) is 5.13 Å². The highest BCUT2D eigenvalue weighted by Gasteiger charge is 2.09. The lowest BCUT2D eigenvalue weighted by atomic mass is 10.2. The Morgan fingerprint density at radius 3 is 2.84 bits per heavy atom. The Hall–Kier alpha value is -3.59. The number of fused-ring (bicyclic) bond motifs is 1. The van der Waals surface area contributed by atoms with Gasteiger partial charge in [0, 0.05) is 22.3 Å². The number of nitrogens with one attached hydrogen (secondary N) is 3. The molecule has 3 aromatic rings. The predicted molar refractivity (Wildman–Crippen MR) is 123 cm³/mol. The van der Waals surface area contributed by atoms with Crippen molar-refractivity contribution in [2.24, 2.45) is 0 Å². The van der Waals surface area contributed by atoms with Crippen molar-refractivity contribution in [3.05, 3.63) is 53.9 Å². The summed E-state index contributed by atoms with van der Waals surface area (Å²) in [7, 11) is -3.67. The maximum atomic E-state index is 11.9. The molecule has 0 spiro atoms. The summed E-state index contributed by atoms with van der Waals surface area (Å²) in [6, 6.07) is 10.3. The summed E-state index contributed by atoms with van der Waals surface area (Å²) in [4.78, 5) is 15.9. The molecular formula is C20H19N5O4S2. The SMILES string of the molecule is C=CS(=O)(=O)NCC(=O)Nc1cccc(NCC#Cc2cc(O)c3nc(N)sc3c2)c1. The molecule has 11 heteroatoms. The third-order valence-corrected chi connectivity index (χ3v) is 5.72. The zero-order valence-corrected chi connectivity index (χ0v) is 17.8. The van der Waals surface area contributed by atoms with Gasteiger partial charge in [-0.1, -0.05) is 35.8 Å². The first kappa shape index (κ1) is 22.1. The number of aromatic hydroxyl groups is 1. The smallest absolute Gasteiger partial charge is 0.239 e. The van der Waals surface area contributed by atoms with Gasteiger partial charge in [0.2, 0.25) is 15.9 Å². The van der Waals surface area contributed by atoms with Crippen molar-refractivity contribution in [2.75, 3.05) is 29.5 Å². The quantitative estimate of drug-likeness (QED) is 0.341. The van der Waals surface area contributed by atoms with Crippen molar-refractivity contribution >= 4 is 54.0 Å². The standard InChI is InChI=1S/C20H19N5O4S2/c1-2-31(28,29)23-12-18(27)24-15-7-3-6-14(11-15)22-8-4-5-13-9-16(26)19-17(10-13)30-20(21)25-19/h2-3,6-7,9-11,22-23,26H,1,8,12H2,(H2,21,25)(H,24,27). The summed E-state index contributed by atoms with van der Waals surface area (Å²) in [5.74, 6) is 5.44. The highest BCUT2D eigenvalue weighted by atomic mass is 32.2. The van der Waals surface area contributed by atoms with Crippen molar-refractivity contribution in [1.29, 1.82) is 0 Å². The number of sulfonamides is 1. The van der Waals surface area contributed by atoms with E-state index in [0.717, 1.165) is 10.1 Å². The molecule has 0 bridgehead atoms. The Balaban J connectivity index is 1.57. The lowest BCUT2D eigenvalue weighted by Gasteiger charge is -2.08. The van der Waals surface area contributed by atoms with Gasteiger partial charge in [-0.2, -0.15) is 0 Å².